The number of anilines is 1. The SMILES string of the molecule is Cc1cc(C)c(C=CS(=O)(=O)Nc2ccccc2C(N)=O)c(C)c1. The van der Waals surface area contributed by atoms with Gasteiger partial charge in [-0.25, -0.2) is 8.42 Å². The van der Waals surface area contributed by atoms with Crippen molar-refractivity contribution in [3.8, 4) is 0 Å². The Hall–Kier alpha value is -2.60. The minimum atomic E-state index is -3.77. The fourth-order valence-electron chi connectivity index (χ4n) is 2.59. The van der Waals surface area contributed by atoms with Crippen molar-refractivity contribution in [1.82, 2.24) is 0 Å². The van der Waals surface area contributed by atoms with Gasteiger partial charge in [0.25, 0.3) is 15.9 Å². The molecule has 0 spiro atoms. The van der Waals surface area contributed by atoms with Crippen LogP contribution in [0.4, 0.5) is 5.69 Å². The first-order valence-electron chi connectivity index (χ1n) is 7.37. The summed E-state index contributed by atoms with van der Waals surface area (Å²) in [7, 11) is -3.77. The Morgan fingerprint density at radius 1 is 1.08 bits per heavy atom. The molecule has 0 saturated heterocycles. The number of aryl methyl sites for hydroxylation is 3. The number of nitrogens with one attached hydrogen (secondary N) is 1. The summed E-state index contributed by atoms with van der Waals surface area (Å²) < 4.78 is 26.9. The molecule has 0 heterocycles. The zero-order valence-electron chi connectivity index (χ0n) is 13.8. The second kappa shape index (κ2) is 6.88. The van der Waals surface area contributed by atoms with E-state index in [0.29, 0.717) is 0 Å². The molecule has 0 fully saturated rings. The number of hydrogen-bond donors (Lipinski definition) is 2. The standard InChI is InChI=1S/C18H20N2O3S/c1-12-10-13(2)15(14(3)11-12)8-9-24(22,23)20-17-7-5-4-6-16(17)18(19)21/h4-11,20H,1-3H3,(H2,19,21). The van der Waals surface area contributed by atoms with E-state index in [2.05, 4.69) is 4.72 Å². The second-order valence-electron chi connectivity index (χ2n) is 5.67. The van der Waals surface area contributed by atoms with Crippen LogP contribution in [-0.2, 0) is 10.0 Å². The monoisotopic (exact) mass is 344 g/mol. The summed E-state index contributed by atoms with van der Waals surface area (Å²) in [5.74, 6) is -0.692. The lowest BCUT2D eigenvalue weighted by Crippen LogP contribution is -2.17. The summed E-state index contributed by atoms with van der Waals surface area (Å²) in [6.07, 6.45) is 1.55. The van der Waals surface area contributed by atoms with Gasteiger partial charge in [-0.1, -0.05) is 29.8 Å². The van der Waals surface area contributed by atoms with E-state index in [1.807, 2.05) is 32.9 Å². The average molecular weight is 344 g/mol. The highest BCUT2D eigenvalue weighted by Gasteiger charge is 2.12. The zero-order chi connectivity index (χ0) is 17.9. The van der Waals surface area contributed by atoms with Crippen molar-refractivity contribution in [3.05, 3.63) is 69.6 Å². The number of carbonyl (C=O) groups is 1. The van der Waals surface area contributed by atoms with Gasteiger partial charge in [-0.3, -0.25) is 9.52 Å². The summed E-state index contributed by atoms with van der Waals surface area (Å²) in [5, 5.41) is 1.09. The number of primary amides is 1. The highest BCUT2D eigenvalue weighted by atomic mass is 32.2. The molecule has 6 heteroatoms. The number of para-hydroxylation sites is 1. The lowest BCUT2D eigenvalue weighted by atomic mass is 10.0. The molecule has 0 atom stereocenters. The topological polar surface area (TPSA) is 89.3 Å². The van der Waals surface area contributed by atoms with Crippen LogP contribution in [-0.4, -0.2) is 14.3 Å². The minimum absolute atomic E-state index is 0.122. The van der Waals surface area contributed by atoms with Crippen molar-refractivity contribution in [2.24, 2.45) is 5.73 Å². The highest BCUT2D eigenvalue weighted by molar-refractivity contribution is 7.95. The van der Waals surface area contributed by atoms with Gasteiger partial charge in [-0.15, -0.1) is 0 Å². The van der Waals surface area contributed by atoms with Crippen molar-refractivity contribution < 1.29 is 13.2 Å². The Morgan fingerprint density at radius 2 is 1.67 bits per heavy atom. The molecule has 0 aliphatic carbocycles. The molecule has 126 valence electrons. The number of amides is 1. The van der Waals surface area contributed by atoms with Crippen LogP contribution in [0.25, 0.3) is 6.08 Å². The molecule has 0 saturated carbocycles. The average Bonchev–Trinajstić information content (AvgIpc) is 2.45. The van der Waals surface area contributed by atoms with Crippen LogP contribution < -0.4 is 10.5 Å². The van der Waals surface area contributed by atoms with E-state index in [1.165, 1.54) is 12.1 Å². The molecule has 0 bridgehead atoms. The molecule has 0 unspecified atom stereocenters. The van der Waals surface area contributed by atoms with E-state index in [4.69, 9.17) is 5.73 Å². The first kappa shape index (κ1) is 17.7. The molecule has 1 amide bonds. The van der Waals surface area contributed by atoms with E-state index < -0.39 is 15.9 Å². The maximum absolute atomic E-state index is 12.3. The van der Waals surface area contributed by atoms with Gasteiger partial charge in [0.2, 0.25) is 0 Å². The molecule has 0 aromatic heterocycles. The summed E-state index contributed by atoms with van der Waals surface area (Å²) in [6, 6.07) is 10.2. The molecule has 24 heavy (non-hydrogen) atoms. The Kier molecular flexibility index (Phi) is 5.09. The molecular formula is C18H20N2O3S. The number of benzene rings is 2. The maximum Gasteiger partial charge on any atom is 0.255 e. The van der Waals surface area contributed by atoms with Gasteiger partial charge in [-0.2, -0.15) is 0 Å². The Balaban J connectivity index is 2.32. The molecule has 5 nitrogen and oxygen atoms in total. The first-order valence-corrected chi connectivity index (χ1v) is 8.92. The van der Waals surface area contributed by atoms with Crippen LogP contribution in [0.2, 0.25) is 0 Å². The van der Waals surface area contributed by atoms with Crippen molar-refractivity contribution in [2.75, 3.05) is 4.72 Å². The molecular weight excluding hydrogens is 324 g/mol. The van der Waals surface area contributed by atoms with Crippen LogP contribution in [0.15, 0.2) is 41.8 Å². The number of rotatable bonds is 5. The van der Waals surface area contributed by atoms with Crippen LogP contribution in [0, 0.1) is 20.8 Å². The Labute approximate surface area is 142 Å². The number of nitrogens with two attached hydrogens (primary N) is 1. The molecule has 2 rings (SSSR count). The van der Waals surface area contributed by atoms with Gasteiger partial charge < -0.3 is 5.73 Å². The van der Waals surface area contributed by atoms with E-state index in [-0.39, 0.29) is 11.3 Å². The second-order valence-corrected chi connectivity index (χ2v) is 7.24. The predicted molar refractivity (Wildman–Crippen MR) is 97.2 cm³/mol. The van der Waals surface area contributed by atoms with Crippen molar-refractivity contribution in [1.29, 1.82) is 0 Å². The summed E-state index contributed by atoms with van der Waals surface area (Å²) >= 11 is 0. The Bertz CT molecular complexity index is 893. The van der Waals surface area contributed by atoms with Gasteiger partial charge in [0.15, 0.2) is 0 Å². The third-order valence-corrected chi connectivity index (χ3v) is 4.60. The highest BCUT2D eigenvalue weighted by Crippen LogP contribution is 2.20. The number of carbonyl (C=O) groups excluding carboxylic acids is 1. The summed E-state index contributed by atoms with van der Waals surface area (Å²) in [4.78, 5) is 11.4. The van der Waals surface area contributed by atoms with E-state index in [1.54, 1.807) is 18.2 Å². The quantitative estimate of drug-likeness (QED) is 0.873. The van der Waals surface area contributed by atoms with Gasteiger partial charge in [-0.05, 0) is 55.7 Å². The fraction of sp³-hybridized carbons (Fsp3) is 0.167. The lowest BCUT2D eigenvalue weighted by molar-refractivity contribution is 0.100. The van der Waals surface area contributed by atoms with Crippen LogP contribution >= 0.6 is 0 Å². The number of hydrogen-bond acceptors (Lipinski definition) is 3. The predicted octanol–water partition coefficient (Wildman–Crippen LogP) is 3.12. The largest absolute Gasteiger partial charge is 0.366 e. The zero-order valence-corrected chi connectivity index (χ0v) is 14.6. The van der Waals surface area contributed by atoms with Crippen LogP contribution in [0.1, 0.15) is 32.6 Å². The maximum atomic E-state index is 12.3. The lowest BCUT2D eigenvalue weighted by Gasteiger charge is -2.09. The summed E-state index contributed by atoms with van der Waals surface area (Å²) in [5.41, 5.74) is 9.52. The van der Waals surface area contributed by atoms with E-state index >= 15 is 0 Å². The van der Waals surface area contributed by atoms with Gasteiger partial charge in [0, 0.05) is 0 Å². The van der Waals surface area contributed by atoms with Gasteiger partial charge >= 0.3 is 0 Å². The third-order valence-electron chi connectivity index (χ3n) is 3.60. The van der Waals surface area contributed by atoms with Crippen LogP contribution in [0.5, 0.6) is 0 Å². The molecule has 0 radical (unpaired) electrons. The molecule has 0 aliphatic heterocycles. The minimum Gasteiger partial charge on any atom is -0.366 e. The molecule has 0 aliphatic rings. The molecule has 2 aromatic carbocycles. The smallest absolute Gasteiger partial charge is 0.255 e. The third kappa shape index (κ3) is 4.23. The van der Waals surface area contributed by atoms with Gasteiger partial charge in [0.1, 0.15) is 0 Å². The van der Waals surface area contributed by atoms with E-state index in [9.17, 15) is 13.2 Å². The fourth-order valence-corrected chi connectivity index (χ4v) is 3.45. The Morgan fingerprint density at radius 3 is 2.25 bits per heavy atom. The normalized spacial score (nSPS) is 11.6. The van der Waals surface area contributed by atoms with E-state index in [0.717, 1.165) is 27.7 Å². The number of sulfonamides is 1. The van der Waals surface area contributed by atoms with Crippen LogP contribution in [0.3, 0.4) is 0 Å². The van der Waals surface area contributed by atoms with Crippen molar-refractivity contribution >= 4 is 27.7 Å². The molecule has 3 N–H and O–H groups in total. The molecule has 2 aromatic rings. The van der Waals surface area contributed by atoms with Crippen molar-refractivity contribution in [2.45, 2.75) is 20.8 Å². The van der Waals surface area contributed by atoms with Crippen molar-refractivity contribution in [3.63, 3.8) is 0 Å². The first-order chi connectivity index (χ1) is 11.2. The summed E-state index contributed by atoms with van der Waals surface area (Å²) in [6.45, 7) is 5.86. The van der Waals surface area contributed by atoms with Gasteiger partial charge in [0.05, 0.1) is 16.7 Å².